The second kappa shape index (κ2) is 4.42. The van der Waals surface area contributed by atoms with Crippen molar-refractivity contribution in [3.8, 4) is 17.0 Å². The first kappa shape index (κ1) is 12.3. The molecule has 0 aliphatic heterocycles. The summed E-state index contributed by atoms with van der Waals surface area (Å²) in [4.78, 5) is 0. The van der Waals surface area contributed by atoms with E-state index >= 15 is 0 Å². The van der Waals surface area contributed by atoms with Gasteiger partial charge in [-0.2, -0.15) is 5.10 Å². The fourth-order valence-electron chi connectivity index (χ4n) is 1.84. The molecule has 0 bridgehead atoms. The molecule has 1 aromatic heterocycles. The fraction of sp³-hybridized carbons (Fsp3) is 0.308. The number of nitrogens with two attached hydrogens (primary N) is 1. The van der Waals surface area contributed by atoms with Gasteiger partial charge in [-0.15, -0.1) is 0 Å². The van der Waals surface area contributed by atoms with Crippen molar-refractivity contribution in [2.24, 2.45) is 7.05 Å². The third-order valence-electron chi connectivity index (χ3n) is 3.01. The summed E-state index contributed by atoms with van der Waals surface area (Å²) in [7, 11) is 1.72. The van der Waals surface area contributed by atoms with E-state index in [9.17, 15) is 4.39 Å². The Hall–Kier alpha value is -1.75. The van der Waals surface area contributed by atoms with Gasteiger partial charge in [0.15, 0.2) is 0 Å². The van der Waals surface area contributed by atoms with Crippen molar-refractivity contribution in [3.63, 3.8) is 0 Å². The van der Waals surface area contributed by atoms with E-state index in [4.69, 9.17) is 22.1 Å². The van der Waals surface area contributed by atoms with Crippen LogP contribution in [0, 0.1) is 5.82 Å². The van der Waals surface area contributed by atoms with E-state index in [0.717, 1.165) is 12.8 Å². The van der Waals surface area contributed by atoms with Crippen LogP contribution in [0.3, 0.4) is 0 Å². The van der Waals surface area contributed by atoms with Crippen molar-refractivity contribution in [1.82, 2.24) is 9.78 Å². The molecule has 1 aliphatic rings. The summed E-state index contributed by atoms with van der Waals surface area (Å²) < 4.78 is 20.8. The van der Waals surface area contributed by atoms with E-state index in [1.807, 2.05) is 0 Å². The van der Waals surface area contributed by atoms with Crippen LogP contribution in [0.25, 0.3) is 11.3 Å². The van der Waals surface area contributed by atoms with Crippen molar-refractivity contribution in [2.45, 2.75) is 18.9 Å². The zero-order chi connectivity index (χ0) is 13.6. The lowest BCUT2D eigenvalue weighted by atomic mass is 10.1. The number of nitrogen functional groups attached to an aromatic ring is 1. The summed E-state index contributed by atoms with van der Waals surface area (Å²) in [5, 5.41) is 4.49. The maximum atomic E-state index is 13.5. The van der Waals surface area contributed by atoms with Crippen molar-refractivity contribution >= 4 is 17.4 Å². The molecule has 2 N–H and O–H groups in total. The highest BCUT2D eigenvalue weighted by atomic mass is 35.5. The summed E-state index contributed by atoms with van der Waals surface area (Å²) in [6, 6.07) is 4.28. The molecule has 1 saturated carbocycles. The van der Waals surface area contributed by atoms with E-state index in [1.54, 1.807) is 13.1 Å². The molecule has 0 unspecified atom stereocenters. The van der Waals surface area contributed by atoms with Crippen LogP contribution in [-0.2, 0) is 7.05 Å². The molecule has 1 fully saturated rings. The van der Waals surface area contributed by atoms with Crippen molar-refractivity contribution in [3.05, 3.63) is 29.0 Å². The second-order valence-electron chi connectivity index (χ2n) is 4.66. The lowest BCUT2D eigenvalue weighted by Crippen LogP contribution is -2.00. The number of aryl methyl sites for hydroxylation is 1. The van der Waals surface area contributed by atoms with Crippen LogP contribution in [0.4, 0.5) is 10.2 Å². The Bertz CT molecular complexity index is 618. The molecule has 0 spiro atoms. The Balaban J connectivity index is 2.11. The molecule has 2 aromatic rings. The number of nitrogens with zero attached hydrogens (tertiary/aromatic N) is 2. The molecule has 19 heavy (non-hydrogen) atoms. The predicted octanol–water partition coefficient (Wildman–Crippen LogP) is 3.00. The van der Waals surface area contributed by atoms with Gasteiger partial charge in [0.25, 0.3) is 0 Å². The quantitative estimate of drug-likeness (QED) is 0.941. The molecular weight excluding hydrogens is 269 g/mol. The van der Waals surface area contributed by atoms with Gasteiger partial charge in [0.2, 0.25) is 0 Å². The van der Waals surface area contributed by atoms with Gasteiger partial charge < -0.3 is 10.5 Å². The molecule has 0 amide bonds. The van der Waals surface area contributed by atoms with E-state index in [0.29, 0.717) is 22.8 Å². The third kappa shape index (κ3) is 2.38. The fourth-order valence-corrected chi connectivity index (χ4v) is 2.09. The number of rotatable bonds is 3. The van der Waals surface area contributed by atoms with Crippen LogP contribution in [0.5, 0.6) is 5.75 Å². The van der Waals surface area contributed by atoms with Crippen LogP contribution in [-0.4, -0.2) is 15.9 Å². The number of ether oxygens (including phenoxy) is 1. The van der Waals surface area contributed by atoms with Crippen molar-refractivity contribution in [1.29, 1.82) is 0 Å². The average Bonchev–Trinajstić information content (AvgIpc) is 3.09. The lowest BCUT2D eigenvalue weighted by molar-refractivity contribution is 0.304. The minimum absolute atomic E-state index is 0.169. The second-order valence-corrected chi connectivity index (χ2v) is 5.07. The molecule has 3 rings (SSSR count). The highest BCUT2D eigenvalue weighted by molar-refractivity contribution is 6.32. The van der Waals surface area contributed by atoms with Crippen LogP contribution in [0.1, 0.15) is 12.8 Å². The SMILES string of the molecule is Cn1nc(-c2cc(F)cc(Cl)c2OC2CC2)cc1N. The predicted molar refractivity (Wildman–Crippen MR) is 71.7 cm³/mol. The van der Waals surface area contributed by atoms with E-state index in [-0.39, 0.29) is 11.1 Å². The van der Waals surface area contributed by atoms with Gasteiger partial charge in [0, 0.05) is 18.7 Å². The van der Waals surface area contributed by atoms with Crippen LogP contribution < -0.4 is 10.5 Å². The minimum atomic E-state index is -0.424. The molecule has 6 heteroatoms. The van der Waals surface area contributed by atoms with Crippen LogP contribution in [0.2, 0.25) is 5.02 Å². The normalized spacial score (nSPS) is 14.7. The summed E-state index contributed by atoms with van der Waals surface area (Å²) in [5.74, 6) is 0.545. The third-order valence-corrected chi connectivity index (χ3v) is 3.29. The Morgan fingerprint density at radius 1 is 1.42 bits per heavy atom. The molecule has 4 nitrogen and oxygen atoms in total. The molecule has 0 radical (unpaired) electrons. The Morgan fingerprint density at radius 2 is 2.16 bits per heavy atom. The minimum Gasteiger partial charge on any atom is -0.488 e. The topological polar surface area (TPSA) is 53.1 Å². The smallest absolute Gasteiger partial charge is 0.147 e. The summed E-state index contributed by atoms with van der Waals surface area (Å²) in [5.41, 5.74) is 6.84. The average molecular weight is 282 g/mol. The summed E-state index contributed by atoms with van der Waals surface area (Å²) >= 11 is 6.07. The Morgan fingerprint density at radius 3 is 2.74 bits per heavy atom. The lowest BCUT2D eigenvalue weighted by Gasteiger charge is -2.11. The van der Waals surface area contributed by atoms with E-state index in [1.165, 1.54) is 16.8 Å². The first-order valence-corrected chi connectivity index (χ1v) is 6.38. The van der Waals surface area contributed by atoms with Gasteiger partial charge in [0.05, 0.1) is 16.8 Å². The summed E-state index contributed by atoms with van der Waals surface area (Å²) in [6.07, 6.45) is 2.16. The first-order chi connectivity index (χ1) is 9.04. The Kier molecular flexibility index (Phi) is 2.86. The van der Waals surface area contributed by atoms with Crippen LogP contribution in [0.15, 0.2) is 18.2 Å². The van der Waals surface area contributed by atoms with Gasteiger partial charge in [-0.3, -0.25) is 4.68 Å². The number of hydrogen-bond acceptors (Lipinski definition) is 3. The van der Waals surface area contributed by atoms with Gasteiger partial charge in [0.1, 0.15) is 17.4 Å². The molecule has 0 saturated heterocycles. The van der Waals surface area contributed by atoms with E-state index in [2.05, 4.69) is 5.10 Å². The molecule has 1 aromatic carbocycles. The zero-order valence-corrected chi connectivity index (χ0v) is 11.1. The molecule has 1 heterocycles. The highest BCUT2D eigenvalue weighted by Crippen LogP contribution is 2.40. The highest BCUT2D eigenvalue weighted by Gasteiger charge is 2.27. The van der Waals surface area contributed by atoms with Crippen LogP contribution >= 0.6 is 11.6 Å². The number of benzene rings is 1. The maximum Gasteiger partial charge on any atom is 0.147 e. The van der Waals surface area contributed by atoms with Gasteiger partial charge >= 0.3 is 0 Å². The monoisotopic (exact) mass is 281 g/mol. The standard InChI is InChI=1S/C13H13ClFN3O/c1-18-12(16)6-11(17-18)9-4-7(15)5-10(14)13(9)19-8-2-3-8/h4-6,8H,2-3,16H2,1H3. The maximum absolute atomic E-state index is 13.5. The first-order valence-electron chi connectivity index (χ1n) is 6.00. The number of hydrogen-bond donors (Lipinski definition) is 1. The van der Waals surface area contributed by atoms with Gasteiger partial charge in [-0.05, 0) is 25.0 Å². The molecular formula is C13H13ClFN3O. The largest absolute Gasteiger partial charge is 0.488 e. The van der Waals surface area contributed by atoms with E-state index < -0.39 is 5.82 Å². The number of aromatic nitrogens is 2. The zero-order valence-electron chi connectivity index (χ0n) is 10.4. The molecule has 1 aliphatic carbocycles. The van der Waals surface area contributed by atoms with Gasteiger partial charge in [-0.1, -0.05) is 11.6 Å². The van der Waals surface area contributed by atoms with Crippen molar-refractivity contribution < 1.29 is 9.13 Å². The Labute approximate surface area is 114 Å². The number of anilines is 1. The van der Waals surface area contributed by atoms with Gasteiger partial charge in [-0.25, -0.2) is 4.39 Å². The number of halogens is 2. The molecule has 100 valence electrons. The molecule has 0 atom stereocenters. The van der Waals surface area contributed by atoms with Crippen molar-refractivity contribution in [2.75, 3.05) is 5.73 Å². The summed E-state index contributed by atoms with van der Waals surface area (Å²) in [6.45, 7) is 0.